The fourth-order valence-electron chi connectivity index (χ4n) is 11.7. The number of aromatic nitrogens is 1. The Kier molecular flexibility index (Phi) is 49.7. The summed E-state index contributed by atoms with van der Waals surface area (Å²) < 4.78 is 55.1. The lowest BCUT2D eigenvalue weighted by Gasteiger charge is -2.37. The van der Waals surface area contributed by atoms with Crippen molar-refractivity contribution in [1.82, 2.24) is 51.6 Å². The number of carboxylic acids is 1. The molecule has 3 rings (SSSR count). The third kappa shape index (κ3) is 41.0. The van der Waals surface area contributed by atoms with Crippen LogP contribution in [0.2, 0.25) is 0 Å². The predicted octanol–water partition coefficient (Wildman–Crippen LogP) is 4.09. The Morgan fingerprint density at radius 2 is 1.19 bits per heavy atom. The number of ether oxygens (including phenoxy) is 10. The van der Waals surface area contributed by atoms with Gasteiger partial charge in [-0.25, -0.2) is 9.78 Å². The Hall–Kier alpha value is -8.33. The van der Waals surface area contributed by atoms with Crippen molar-refractivity contribution in [3.8, 4) is 5.75 Å². The molecule has 0 aliphatic carbocycles. The van der Waals surface area contributed by atoms with Crippen molar-refractivity contribution in [2.24, 2.45) is 23.7 Å². The Bertz CT molecular complexity index is 3240. The number of hydrogen-bond acceptors (Lipinski definition) is 26. The molecule has 0 radical (unpaired) electrons. The van der Waals surface area contributed by atoms with Gasteiger partial charge in [-0.1, -0.05) is 74.3 Å². The van der Waals surface area contributed by atoms with Crippen LogP contribution in [0.3, 0.4) is 0 Å². The summed E-state index contributed by atoms with van der Waals surface area (Å²) in [6.45, 7) is 21.0. The lowest BCUT2D eigenvalue weighted by Crippen LogP contribution is -2.58. The Morgan fingerprint density at radius 1 is 0.628 bits per heavy atom. The van der Waals surface area contributed by atoms with Crippen LogP contribution >= 0.6 is 11.3 Å². The number of unbranched alkanes of at least 4 members (excludes halogenated alkanes) is 2. The highest BCUT2D eigenvalue weighted by atomic mass is 32.1. The van der Waals surface area contributed by atoms with Crippen LogP contribution in [-0.2, 0) is 102 Å². The molecule has 2 heterocycles. The lowest BCUT2D eigenvalue weighted by molar-refractivity contribution is -0.149. The van der Waals surface area contributed by atoms with E-state index < -0.39 is 89.8 Å². The number of nitrogens with one attached hydrogen (secondary N) is 7. The van der Waals surface area contributed by atoms with Crippen molar-refractivity contribution in [2.45, 2.75) is 169 Å². The molecule has 0 saturated heterocycles. The molecule has 36 heteroatoms. The normalized spacial score (nSPS) is 14.2. The molecule has 2 aromatic rings. The molecule has 0 bridgehead atoms. The number of aromatic hydroxyl groups is 1. The predicted molar refractivity (Wildman–Crippen MR) is 417 cm³/mol. The minimum atomic E-state index is -1.09. The summed E-state index contributed by atoms with van der Waals surface area (Å²) in [5, 5.41) is 41.5. The average Bonchev–Trinajstić information content (AvgIpc) is 1.76. The molecule has 0 fully saturated rings. The van der Waals surface area contributed by atoms with Crippen molar-refractivity contribution in [3.63, 3.8) is 0 Å². The molecule has 8 atom stereocenters. The highest BCUT2D eigenvalue weighted by molar-refractivity contribution is 7.09. The van der Waals surface area contributed by atoms with E-state index in [0.717, 1.165) is 41.2 Å². The molecule has 35 nitrogen and oxygen atoms in total. The van der Waals surface area contributed by atoms with Gasteiger partial charge in [0.1, 0.15) is 41.7 Å². The highest BCUT2D eigenvalue weighted by Crippen LogP contribution is 2.32. The topological polar surface area (TPSA) is 444 Å². The molecular weight excluding hydrogens is 1490 g/mol. The van der Waals surface area contributed by atoms with Crippen molar-refractivity contribution >= 4 is 88.2 Å². The summed E-state index contributed by atoms with van der Waals surface area (Å²) in [5.74, 6) is -7.02. The van der Waals surface area contributed by atoms with Gasteiger partial charge < -0.3 is 94.4 Å². The Labute approximate surface area is 667 Å². The van der Waals surface area contributed by atoms with E-state index in [1.165, 1.54) is 31.4 Å². The molecule has 1 aliphatic heterocycles. The second kappa shape index (κ2) is 56.8. The van der Waals surface area contributed by atoms with Crippen molar-refractivity contribution in [1.29, 1.82) is 0 Å². The number of nitrogens with zero attached hydrogens (tertiary/aromatic N) is 4. The third-order valence-electron chi connectivity index (χ3n) is 18.0. The van der Waals surface area contributed by atoms with E-state index in [0.29, 0.717) is 109 Å². The van der Waals surface area contributed by atoms with E-state index in [-0.39, 0.29) is 156 Å². The summed E-state index contributed by atoms with van der Waals surface area (Å²) in [6.07, 6.45) is 4.31. The van der Waals surface area contributed by atoms with Crippen molar-refractivity contribution in [2.75, 3.05) is 165 Å². The van der Waals surface area contributed by atoms with Crippen LogP contribution in [0.25, 0.3) is 0 Å². The van der Waals surface area contributed by atoms with E-state index in [2.05, 4.69) is 42.2 Å². The van der Waals surface area contributed by atoms with Gasteiger partial charge in [-0.15, -0.1) is 11.3 Å². The van der Waals surface area contributed by atoms with Crippen LogP contribution in [0.5, 0.6) is 5.75 Å². The summed E-state index contributed by atoms with van der Waals surface area (Å²) in [6, 6.07) is 0.850. The summed E-state index contributed by atoms with van der Waals surface area (Å²) in [7, 11) is 5.30. The van der Waals surface area contributed by atoms with Gasteiger partial charge in [-0.3, -0.25) is 67.9 Å². The quantitative estimate of drug-likeness (QED) is 0.0195. The van der Waals surface area contributed by atoms with Gasteiger partial charge in [0.05, 0.1) is 123 Å². The Balaban J connectivity index is 1.25. The first-order valence-corrected chi connectivity index (χ1v) is 39.8. The van der Waals surface area contributed by atoms with Gasteiger partial charge in [0.25, 0.3) is 17.7 Å². The van der Waals surface area contributed by atoms with Crippen molar-refractivity contribution < 1.29 is 115 Å². The van der Waals surface area contributed by atoms with E-state index >= 15 is 0 Å². The first-order valence-electron chi connectivity index (χ1n) is 38.9. The van der Waals surface area contributed by atoms with Gasteiger partial charge in [0.2, 0.25) is 35.4 Å². The minimum absolute atomic E-state index is 0.00208. The van der Waals surface area contributed by atoms with Crippen LogP contribution in [0.4, 0.5) is 10.5 Å². The van der Waals surface area contributed by atoms with E-state index in [9.17, 15) is 67.7 Å². The van der Waals surface area contributed by atoms with Crippen LogP contribution in [0.1, 0.15) is 154 Å². The van der Waals surface area contributed by atoms with Gasteiger partial charge in [-0.05, 0) is 94.5 Å². The summed E-state index contributed by atoms with van der Waals surface area (Å²) in [5.41, 5.74) is 0.506. The number of phenolic OH excluding ortho intramolecular Hbond substituents is 1. The summed E-state index contributed by atoms with van der Waals surface area (Å²) >= 11 is 1.08. The maximum Gasteiger partial charge on any atom is 0.411 e. The van der Waals surface area contributed by atoms with Gasteiger partial charge >= 0.3 is 18.0 Å². The number of anilines is 1. The fourth-order valence-corrected chi connectivity index (χ4v) is 12.5. The van der Waals surface area contributed by atoms with Crippen LogP contribution < -0.4 is 37.2 Å². The zero-order chi connectivity index (χ0) is 83.6. The standard InChI is InChI=1S/C77H125N11O24S/c1-13-15-25-78-65(92)48-80-71(96)58(82-64(91)20-18-27-88-67(94)23-24-68(88)95)19-16-17-26-79-66(93)49-110-41-40-108-37-36-106-33-32-104-29-28-103-30-31-105-34-35-107-38-39-109-42-43-111-77(102)84-59-46-56(21-22-62(59)90)45-57(44-54(8)76(100)101)81-72(97)60-50-113-74(83-60)63(112-55(9)89)47-61(51(3)4)87(12)75(99)69(53(7)14-2)85-73(98)70(52(5)6)86(10)11/h21-24,46,50-54,57-58,61,63,69-70,90H,13-20,25-45,47-49H2,1-12H3,(H,78,92)(H,79,93)(H,80,96)(H,81,97)(H,82,91)(H,84,102)(H,85,98)(H,100,101)/t53-,54-,57+,58-,61+,63+,69-,70-/m0/s1. The maximum atomic E-state index is 14.4. The largest absolute Gasteiger partial charge is 0.506 e. The van der Waals surface area contributed by atoms with Crippen LogP contribution in [0.15, 0.2) is 35.7 Å². The minimum Gasteiger partial charge on any atom is -0.506 e. The lowest BCUT2D eigenvalue weighted by atomic mass is 9.92. The zero-order valence-electron chi connectivity index (χ0n) is 67.9. The number of benzene rings is 1. The zero-order valence-corrected chi connectivity index (χ0v) is 68.8. The van der Waals surface area contributed by atoms with E-state index in [4.69, 9.17) is 47.4 Å². The van der Waals surface area contributed by atoms with Gasteiger partial charge in [-0.2, -0.15) is 0 Å². The molecule has 0 saturated carbocycles. The number of aliphatic carboxylic acids is 1. The molecule has 1 aliphatic rings. The average molecular weight is 1620 g/mol. The molecular formula is C77H125N11O24S. The number of amides is 10. The molecule has 638 valence electrons. The smallest absolute Gasteiger partial charge is 0.411 e. The van der Waals surface area contributed by atoms with Gasteiger partial charge in [0, 0.05) is 76.1 Å². The summed E-state index contributed by atoms with van der Waals surface area (Å²) in [4.78, 5) is 162. The number of carboxylic acid groups (broad SMARTS) is 1. The number of carbonyl (C=O) groups is 12. The molecule has 9 N–H and O–H groups in total. The van der Waals surface area contributed by atoms with Gasteiger partial charge in [0.15, 0.2) is 6.10 Å². The molecule has 0 unspecified atom stereocenters. The SMILES string of the molecule is CCCCNC(=O)CNC(=O)[C@H](CCCCNC(=O)COCCOCCOCCOCCOCCOCCOCCOCCOC(=O)Nc1cc(C[C@@H](C[C@H](C)C(=O)O)NC(=O)c2csc([C@@H](C[C@H](C(C)C)N(C)C(=O)[C@@H](NC(=O)[C@H](C(C)C)N(C)C)[C@@H](C)CC)OC(C)=O)n2)ccc1O)NC(=O)CCCN1C(=O)C=CC1=O. The Morgan fingerprint density at radius 3 is 1.72 bits per heavy atom. The number of imide groups is 1. The van der Waals surface area contributed by atoms with E-state index in [1.54, 1.807) is 18.0 Å². The number of phenols is 1. The number of likely N-dealkylation sites (N-methyl/N-ethyl adjacent to an activating group) is 2. The fraction of sp³-hybridized carbons (Fsp3) is 0.701. The maximum absolute atomic E-state index is 14.4. The van der Waals surface area contributed by atoms with E-state index in [1.807, 2.05) is 67.5 Å². The van der Waals surface area contributed by atoms with Crippen molar-refractivity contribution in [3.05, 3.63) is 52.0 Å². The molecule has 1 aromatic heterocycles. The first-order chi connectivity index (χ1) is 54.0. The highest BCUT2D eigenvalue weighted by Gasteiger charge is 2.38. The number of esters is 1. The molecule has 1 aromatic carbocycles. The number of carbonyl (C=O) groups excluding carboxylic acids is 11. The van der Waals surface area contributed by atoms with Crippen LogP contribution in [-0.4, -0.2) is 291 Å². The second-order valence-electron chi connectivity index (χ2n) is 28.1. The molecule has 10 amide bonds. The molecule has 113 heavy (non-hydrogen) atoms. The third-order valence-corrected chi connectivity index (χ3v) is 18.9. The number of thiazole rings is 1. The first kappa shape index (κ1) is 98.9. The van der Waals surface area contributed by atoms with Crippen LogP contribution in [0, 0.1) is 23.7 Å². The number of hydrogen-bond donors (Lipinski definition) is 9. The molecule has 0 spiro atoms. The monoisotopic (exact) mass is 1620 g/mol. The second-order valence-corrected chi connectivity index (χ2v) is 29.0. The number of rotatable bonds is 63.